The van der Waals surface area contributed by atoms with Crippen LogP contribution in [0.25, 0.3) is 0 Å². The highest BCUT2D eigenvalue weighted by molar-refractivity contribution is 8.01. The molecule has 1 aliphatic carbocycles. The van der Waals surface area contributed by atoms with Crippen molar-refractivity contribution in [3.63, 3.8) is 0 Å². The number of nitriles is 1. The summed E-state index contributed by atoms with van der Waals surface area (Å²) in [5.74, 6) is 0.361. The number of piperazine rings is 1. The minimum absolute atomic E-state index is 0.0781. The molecule has 4 heterocycles. The lowest BCUT2D eigenvalue weighted by Crippen LogP contribution is -2.72. The smallest absolute Gasteiger partial charge is 0.246 e. The number of fused-ring (bicyclic) bond motifs is 2. The molecule has 0 radical (unpaired) electrons. The van der Waals surface area contributed by atoms with Gasteiger partial charge in [-0.25, -0.2) is 0 Å². The molecule has 6 unspecified atom stereocenters. The van der Waals surface area contributed by atoms with Crippen LogP contribution in [-0.2, 0) is 16.0 Å². The number of amides is 1. The summed E-state index contributed by atoms with van der Waals surface area (Å²) >= 11 is 2.12. The minimum atomic E-state index is -0.215. The molecule has 4 aliphatic heterocycles. The first-order valence-corrected chi connectivity index (χ1v) is 15.9. The van der Waals surface area contributed by atoms with Gasteiger partial charge in [-0.05, 0) is 76.2 Å². The molecule has 5 aliphatic rings. The standard InChI is InChI=1S/C31H44N6O2S/c1-4-27(38)37-16-15-36(19-23(37)11-13-32)29-25-10-12-31(17-22-8-5-7-21(2)28(22)40-31)18-26(25)33-30(34-29)39-20-24-9-6-14-35(24)3/h4-5,7-8,23-26,29-30,33-34H,1,6,9-12,14-20H2,2-3H3/t23?,24?,25?,26?,29?,30?,31-/m0/s1. The molecule has 1 saturated carbocycles. The maximum atomic E-state index is 12.5. The van der Waals surface area contributed by atoms with Crippen molar-refractivity contribution >= 4 is 17.7 Å². The van der Waals surface area contributed by atoms with E-state index in [1.54, 1.807) is 0 Å². The molecule has 0 aromatic heterocycles. The Morgan fingerprint density at radius 2 is 2.15 bits per heavy atom. The lowest BCUT2D eigenvalue weighted by atomic mass is 9.73. The van der Waals surface area contributed by atoms with E-state index in [1.165, 1.54) is 41.4 Å². The number of likely N-dealkylation sites (N-methyl/N-ethyl adjacent to an activating group) is 1. The van der Waals surface area contributed by atoms with Crippen LogP contribution in [0.15, 0.2) is 35.7 Å². The third-order valence-corrected chi connectivity index (χ3v) is 11.8. The van der Waals surface area contributed by atoms with E-state index in [4.69, 9.17) is 4.74 Å². The van der Waals surface area contributed by atoms with Crippen molar-refractivity contribution in [2.24, 2.45) is 5.92 Å². The van der Waals surface area contributed by atoms with Gasteiger partial charge in [0.2, 0.25) is 5.91 Å². The highest BCUT2D eigenvalue weighted by Crippen LogP contribution is 2.55. The predicted molar refractivity (Wildman–Crippen MR) is 158 cm³/mol. The Morgan fingerprint density at radius 3 is 2.90 bits per heavy atom. The van der Waals surface area contributed by atoms with E-state index < -0.39 is 0 Å². The predicted octanol–water partition coefficient (Wildman–Crippen LogP) is 3.08. The first kappa shape index (κ1) is 28.2. The molecule has 1 spiro atoms. The van der Waals surface area contributed by atoms with Crippen LogP contribution in [0.4, 0.5) is 0 Å². The molecule has 2 N–H and O–H groups in total. The van der Waals surface area contributed by atoms with Crippen molar-refractivity contribution < 1.29 is 9.53 Å². The first-order chi connectivity index (χ1) is 19.4. The largest absolute Gasteiger partial charge is 0.348 e. The Kier molecular flexibility index (Phi) is 8.28. The summed E-state index contributed by atoms with van der Waals surface area (Å²) in [6.45, 7) is 9.88. The zero-order valence-electron chi connectivity index (χ0n) is 24.0. The van der Waals surface area contributed by atoms with Crippen LogP contribution in [0, 0.1) is 24.2 Å². The number of ether oxygens (including phenoxy) is 1. The van der Waals surface area contributed by atoms with Crippen molar-refractivity contribution in [2.75, 3.05) is 39.8 Å². The van der Waals surface area contributed by atoms with E-state index in [0.717, 1.165) is 32.4 Å². The zero-order chi connectivity index (χ0) is 27.9. The molecular formula is C31H44N6O2S. The molecule has 8 nitrogen and oxygen atoms in total. The molecule has 1 amide bonds. The molecule has 3 saturated heterocycles. The Labute approximate surface area is 243 Å². The second-order valence-corrected chi connectivity index (χ2v) is 14.0. The van der Waals surface area contributed by atoms with E-state index in [9.17, 15) is 10.1 Å². The number of nitrogens with zero attached hydrogens (tertiary/aromatic N) is 4. The minimum Gasteiger partial charge on any atom is -0.348 e. The molecule has 1 aromatic carbocycles. The molecule has 7 atom stereocenters. The van der Waals surface area contributed by atoms with E-state index in [-0.39, 0.29) is 29.2 Å². The topological polar surface area (TPSA) is 83.9 Å². The fraction of sp³-hybridized carbons (Fsp3) is 0.677. The van der Waals surface area contributed by atoms with Gasteiger partial charge in [-0.1, -0.05) is 24.8 Å². The number of carbonyl (C=O) groups excluding carboxylic acids is 1. The number of hydrogen-bond donors (Lipinski definition) is 2. The van der Waals surface area contributed by atoms with Crippen LogP contribution >= 0.6 is 11.8 Å². The van der Waals surface area contributed by atoms with Crippen molar-refractivity contribution in [2.45, 2.75) is 92.2 Å². The number of nitrogens with one attached hydrogen (secondary N) is 2. The average molecular weight is 565 g/mol. The van der Waals surface area contributed by atoms with E-state index in [2.05, 4.69) is 77.0 Å². The molecule has 0 bridgehead atoms. The highest BCUT2D eigenvalue weighted by Gasteiger charge is 2.51. The fourth-order valence-corrected chi connectivity index (χ4v) is 9.55. The van der Waals surface area contributed by atoms with Crippen LogP contribution in [0.5, 0.6) is 0 Å². The number of aryl methyl sites for hydroxylation is 1. The lowest BCUT2D eigenvalue weighted by Gasteiger charge is -2.55. The van der Waals surface area contributed by atoms with Gasteiger partial charge < -0.3 is 14.5 Å². The van der Waals surface area contributed by atoms with Crippen molar-refractivity contribution in [3.05, 3.63) is 42.0 Å². The van der Waals surface area contributed by atoms with Crippen LogP contribution in [-0.4, -0.2) is 95.8 Å². The molecule has 40 heavy (non-hydrogen) atoms. The van der Waals surface area contributed by atoms with Crippen LogP contribution in [0.3, 0.4) is 0 Å². The zero-order valence-corrected chi connectivity index (χ0v) is 24.8. The Morgan fingerprint density at radius 1 is 1.27 bits per heavy atom. The quantitative estimate of drug-likeness (QED) is 0.511. The highest BCUT2D eigenvalue weighted by atomic mass is 32.2. The molecule has 216 valence electrons. The van der Waals surface area contributed by atoms with Gasteiger partial charge in [0, 0.05) is 47.3 Å². The second-order valence-electron chi connectivity index (χ2n) is 12.6. The summed E-state index contributed by atoms with van der Waals surface area (Å²) in [4.78, 5) is 20.8. The summed E-state index contributed by atoms with van der Waals surface area (Å²) in [6, 6.07) is 9.77. The molecule has 1 aromatic rings. The van der Waals surface area contributed by atoms with Crippen LogP contribution < -0.4 is 10.6 Å². The van der Waals surface area contributed by atoms with Gasteiger partial charge in [0.05, 0.1) is 31.3 Å². The van der Waals surface area contributed by atoms with Crippen molar-refractivity contribution in [3.8, 4) is 6.07 Å². The van der Waals surface area contributed by atoms with Gasteiger partial charge in [0.15, 0.2) is 6.35 Å². The van der Waals surface area contributed by atoms with Gasteiger partial charge in [0.1, 0.15) is 0 Å². The second kappa shape index (κ2) is 11.7. The van der Waals surface area contributed by atoms with Gasteiger partial charge in [-0.2, -0.15) is 5.26 Å². The number of likely N-dealkylation sites (tertiary alicyclic amines) is 1. The monoisotopic (exact) mass is 564 g/mol. The van der Waals surface area contributed by atoms with Gasteiger partial charge in [0.25, 0.3) is 0 Å². The Balaban J connectivity index is 1.21. The lowest BCUT2D eigenvalue weighted by molar-refractivity contribution is -0.135. The van der Waals surface area contributed by atoms with E-state index in [0.29, 0.717) is 44.1 Å². The summed E-state index contributed by atoms with van der Waals surface area (Å²) in [6.07, 6.45) is 8.66. The van der Waals surface area contributed by atoms with Crippen molar-refractivity contribution in [1.29, 1.82) is 5.26 Å². The van der Waals surface area contributed by atoms with Gasteiger partial charge in [-0.15, -0.1) is 11.8 Å². The van der Waals surface area contributed by atoms with E-state index in [1.807, 2.05) is 4.90 Å². The normalized spacial score (nSPS) is 36.3. The molecule has 6 rings (SSSR count). The summed E-state index contributed by atoms with van der Waals surface area (Å²) in [5.41, 5.74) is 2.91. The van der Waals surface area contributed by atoms with Gasteiger partial charge in [-0.3, -0.25) is 20.3 Å². The third-order valence-electron chi connectivity index (χ3n) is 10.1. The first-order valence-electron chi connectivity index (χ1n) is 15.1. The number of hydrogen-bond acceptors (Lipinski definition) is 8. The molecule has 9 heteroatoms. The number of benzene rings is 1. The van der Waals surface area contributed by atoms with Crippen molar-refractivity contribution in [1.82, 2.24) is 25.3 Å². The average Bonchev–Trinajstić information content (AvgIpc) is 3.54. The van der Waals surface area contributed by atoms with Gasteiger partial charge >= 0.3 is 0 Å². The Bertz CT molecular complexity index is 1160. The SMILES string of the molecule is C=CC(=O)N1CCN(C2NC(OCC3CCCN3C)NC3C[C@]4(CCC32)Cc2cccc(C)c2S4)CC1CC#N. The number of carbonyl (C=O) groups is 1. The van der Waals surface area contributed by atoms with E-state index >= 15 is 0 Å². The number of rotatable bonds is 6. The summed E-state index contributed by atoms with van der Waals surface area (Å²) < 4.78 is 6.80. The third kappa shape index (κ3) is 5.47. The summed E-state index contributed by atoms with van der Waals surface area (Å²) in [7, 11) is 2.20. The van der Waals surface area contributed by atoms with Crippen LogP contribution in [0.2, 0.25) is 0 Å². The number of thioether (sulfide) groups is 1. The molecular weight excluding hydrogens is 520 g/mol. The fourth-order valence-electron chi connectivity index (χ4n) is 7.91. The Hall–Kier alpha value is -1.93. The maximum Gasteiger partial charge on any atom is 0.246 e. The van der Waals surface area contributed by atoms with Crippen LogP contribution in [0.1, 0.15) is 49.7 Å². The summed E-state index contributed by atoms with van der Waals surface area (Å²) in [5, 5.41) is 17.3. The molecule has 4 fully saturated rings. The maximum absolute atomic E-state index is 12.5.